The summed E-state index contributed by atoms with van der Waals surface area (Å²) in [5.41, 5.74) is 5.76. The van der Waals surface area contributed by atoms with Gasteiger partial charge in [0.05, 0.1) is 0 Å². The van der Waals surface area contributed by atoms with E-state index < -0.39 is 0 Å². The zero-order valence-corrected chi connectivity index (χ0v) is 14.3. The SMILES string of the molecule is CCC(C)(C)C(NC)c1c(C)cc(C)c(Br)c1C. The second-order valence-corrected chi connectivity index (χ2v) is 6.72. The van der Waals surface area contributed by atoms with Crippen molar-refractivity contribution in [3.63, 3.8) is 0 Å². The fraction of sp³-hybridized carbons (Fsp3) is 0.625. The van der Waals surface area contributed by atoms with Gasteiger partial charge in [0.1, 0.15) is 0 Å². The summed E-state index contributed by atoms with van der Waals surface area (Å²) in [4.78, 5) is 0. The van der Waals surface area contributed by atoms with E-state index in [4.69, 9.17) is 0 Å². The van der Waals surface area contributed by atoms with Gasteiger partial charge in [-0.2, -0.15) is 0 Å². The predicted molar refractivity (Wildman–Crippen MR) is 84.2 cm³/mol. The second kappa shape index (κ2) is 5.75. The minimum atomic E-state index is 0.249. The van der Waals surface area contributed by atoms with Crippen LogP contribution < -0.4 is 5.32 Å². The smallest absolute Gasteiger partial charge is 0.0375 e. The summed E-state index contributed by atoms with van der Waals surface area (Å²) in [5.74, 6) is 0. The lowest BCUT2D eigenvalue weighted by Gasteiger charge is -2.36. The van der Waals surface area contributed by atoms with Crippen molar-refractivity contribution >= 4 is 15.9 Å². The van der Waals surface area contributed by atoms with E-state index in [0.717, 1.165) is 6.42 Å². The van der Waals surface area contributed by atoms with E-state index in [1.54, 1.807) is 0 Å². The van der Waals surface area contributed by atoms with Gasteiger partial charge in [-0.3, -0.25) is 0 Å². The average molecular weight is 312 g/mol. The van der Waals surface area contributed by atoms with Crippen molar-refractivity contribution in [3.05, 3.63) is 32.8 Å². The summed E-state index contributed by atoms with van der Waals surface area (Å²) in [7, 11) is 2.06. The van der Waals surface area contributed by atoms with Crippen LogP contribution in [-0.2, 0) is 0 Å². The largest absolute Gasteiger partial charge is 0.313 e. The van der Waals surface area contributed by atoms with E-state index in [0.29, 0.717) is 6.04 Å². The van der Waals surface area contributed by atoms with Crippen LogP contribution in [0.4, 0.5) is 0 Å². The maximum Gasteiger partial charge on any atom is 0.0375 e. The zero-order valence-electron chi connectivity index (χ0n) is 12.7. The third-order valence-electron chi connectivity index (χ3n) is 4.21. The van der Waals surface area contributed by atoms with Crippen LogP contribution in [0, 0.1) is 26.2 Å². The standard InChI is InChI=1S/C16H26BrN/c1-8-16(5,6)15(18-7)13-10(2)9-11(3)14(17)12(13)4/h9,15,18H,8H2,1-7H3. The first kappa shape index (κ1) is 15.7. The first-order valence-electron chi connectivity index (χ1n) is 6.69. The van der Waals surface area contributed by atoms with E-state index in [1.807, 2.05) is 0 Å². The van der Waals surface area contributed by atoms with Crippen LogP contribution in [0.15, 0.2) is 10.5 Å². The van der Waals surface area contributed by atoms with Crippen LogP contribution in [-0.4, -0.2) is 7.05 Å². The van der Waals surface area contributed by atoms with Crippen LogP contribution in [0.25, 0.3) is 0 Å². The molecule has 1 aromatic rings. The van der Waals surface area contributed by atoms with Gasteiger partial charge in [0.2, 0.25) is 0 Å². The molecule has 2 heteroatoms. The van der Waals surface area contributed by atoms with Gasteiger partial charge in [-0.15, -0.1) is 0 Å². The number of hydrogen-bond acceptors (Lipinski definition) is 1. The van der Waals surface area contributed by atoms with Gasteiger partial charge in [0.15, 0.2) is 0 Å². The molecule has 0 saturated heterocycles. The van der Waals surface area contributed by atoms with Crippen LogP contribution in [0.1, 0.15) is 55.5 Å². The summed E-state index contributed by atoms with van der Waals surface area (Å²) < 4.78 is 1.25. The van der Waals surface area contributed by atoms with Crippen LogP contribution >= 0.6 is 15.9 Å². The molecule has 1 N–H and O–H groups in total. The Bertz CT molecular complexity index is 435. The number of aryl methyl sites for hydroxylation is 2. The molecular weight excluding hydrogens is 286 g/mol. The van der Waals surface area contributed by atoms with E-state index >= 15 is 0 Å². The third-order valence-corrected chi connectivity index (χ3v) is 5.43. The van der Waals surface area contributed by atoms with Gasteiger partial charge in [-0.1, -0.05) is 42.8 Å². The molecule has 0 aliphatic heterocycles. The third kappa shape index (κ3) is 2.80. The Labute approximate surface area is 120 Å². The second-order valence-electron chi connectivity index (χ2n) is 5.93. The molecule has 1 aromatic carbocycles. The molecule has 0 bridgehead atoms. The highest BCUT2D eigenvalue weighted by molar-refractivity contribution is 9.10. The number of hydrogen-bond donors (Lipinski definition) is 1. The van der Waals surface area contributed by atoms with Gasteiger partial charge in [0, 0.05) is 10.5 Å². The van der Waals surface area contributed by atoms with Gasteiger partial charge < -0.3 is 5.32 Å². The van der Waals surface area contributed by atoms with Crippen molar-refractivity contribution in [3.8, 4) is 0 Å². The van der Waals surface area contributed by atoms with E-state index in [2.05, 4.69) is 75.9 Å². The first-order valence-corrected chi connectivity index (χ1v) is 7.49. The molecule has 1 nitrogen and oxygen atoms in total. The lowest BCUT2D eigenvalue weighted by Crippen LogP contribution is -2.32. The maximum atomic E-state index is 3.72. The Hall–Kier alpha value is -0.340. The van der Waals surface area contributed by atoms with Crippen LogP contribution in [0.3, 0.4) is 0 Å². The quantitative estimate of drug-likeness (QED) is 0.818. The Balaban J connectivity index is 3.44. The Morgan fingerprint density at radius 1 is 1.22 bits per heavy atom. The molecule has 0 fully saturated rings. The average Bonchev–Trinajstić information content (AvgIpc) is 2.31. The Morgan fingerprint density at radius 3 is 2.22 bits per heavy atom. The summed E-state index contributed by atoms with van der Waals surface area (Å²) in [6, 6.07) is 2.67. The minimum absolute atomic E-state index is 0.249. The molecule has 102 valence electrons. The van der Waals surface area contributed by atoms with Gasteiger partial charge in [-0.05, 0) is 61.9 Å². The zero-order chi connectivity index (χ0) is 14.1. The molecule has 0 aliphatic carbocycles. The molecule has 0 aliphatic rings. The summed E-state index contributed by atoms with van der Waals surface area (Å²) >= 11 is 3.72. The summed E-state index contributed by atoms with van der Waals surface area (Å²) in [6.07, 6.45) is 1.16. The van der Waals surface area contributed by atoms with Gasteiger partial charge >= 0.3 is 0 Å². The van der Waals surface area contributed by atoms with Gasteiger partial charge in [0.25, 0.3) is 0 Å². The van der Waals surface area contributed by atoms with E-state index in [-0.39, 0.29) is 5.41 Å². The predicted octanol–water partition coefficient (Wildman–Crippen LogP) is 5.07. The monoisotopic (exact) mass is 311 g/mol. The van der Waals surface area contributed by atoms with Crippen molar-refractivity contribution in [1.29, 1.82) is 0 Å². The minimum Gasteiger partial charge on any atom is -0.313 e. The van der Waals surface area contributed by atoms with Crippen LogP contribution in [0.5, 0.6) is 0 Å². The number of nitrogens with one attached hydrogen (secondary N) is 1. The molecule has 1 atom stereocenters. The lowest BCUT2D eigenvalue weighted by atomic mass is 9.75. The fourth-order valence-corrected chi connectivity index (χ4v) is 3.08. The molecule has 1 unspecified atom stereocenters. The number of benzene rings is 1. The highest BCUT2D eigenvalue weighted by Crippen LogP contribution is 2.41. The van der Waals surface area contributed by atoms with Gasteiger partial charge in [-0.25, -0.2) is 0 Å². The first-order chi connectivity index (χ1) is 8.26. The lowest BCUT2D eigenvalue weighted by molar-refractivity contribution is 0.244. The molecular formula is C16H26BrN. The molecule has 0 radical (unpaired) electrons. The number of halogens is 1. The molecule has 0 heterocycles. The molecule has 1 rings (SSSR count). The molecule has 0 spiro atoms. The van der Waals surface area contributed by atoms with Crippen molar-refractivity contribution in [1.82, 2.24) is 5.32 Å². The highest BCUT2D eigenvalue weighted by Gasteiger charge is 2.30. The van der Waals surface area contributed by atoms with Crippen molar-refractivity contribution in [2.24, 2.45) is 5.41 Å². The van der Waals surface area contributed by atoms with E-state index in [9.17, 15) is 0 Å². The van der Waals surface area contributed by atoms with Crippen molar-refractivity contribution in [2.45, 2.75) is 54.0 Å². The molecule has 18 heavy (non-hydrogen) atoms. The Kier molecular flexibility index (Phi) is 5.02. The number of rotatable bonds is 4. The van der Waals surface area contributed by atoms with E-state index in [1.165, 1.54) is 26.7 Å². The summed E-state index contributed by atoms with van der Waals surface area (Å²) in [5, 5.41) is 3.52. The summed E-state index contributed by atoms with van der Waals surface area (Å²) in [6.45, 7) is 13.5. The highest BCUT2D eigenvalue weighted by atomic mass is 79.9. The fourth-order valence-electron chi connectivity index (χ4n) is 2.75. The van der Waals surface area contributed by atoms with Crippen molar-refractivity contribution in [2.75, 3.05) is 7.05 Å². The van der Waals surface area contributed by atoms with Crippen LogP contribution in [0.2, 0.25) is 0 Å². The molecule has 0 aromatic heterocycles. The molecule has 0 saturated carbocycles. The topological polar surface area (TPSA) is 12.0 Å². The molecule has 0 amide bonds. The van der Waals surface area contributed by atoms with Crippen molar-refractivity contribution < 1.29 is 0 Å². The normalized spacial score (nSPS) is 13.8. The Morgan fingerprint density at radius 2 is 1.78 bits per heavy atom. The maximum absolute atomic E-state index is 3.72.